The van der Waals surface area contributed by atoms with Crippen LogP contribution in [0, 0.1) is 28.6 Å². The molecule has 4 nitrogen and oxygen atoms in total. The highest BCUT2D eigenvalue weighted by Crippen LogP contribution is 2.60. The number of rotatable bonds is 3. The van der Waals surface area contributed by atoms with Crippen LogP contribution in [-0.4, -0.2) is 18.7 Å². The van der Waals surface area contributed by atoms with Gasteiger partial charge >= 0.3 is 5.97 Å². The summed E-state index contributed by atoms with van der Waals surface area (Å²) >= 11 is 0. The Bertz CT molecular complexity index is 410. The smallest absolute Gasteiger partial charge is 0.310 e. The summed E-state index contributed by atoms with van der Waals surface area (Å²) in [5.74, 6) is -0.154. The maximum Gasteiger partial charge on any atom is 0.310 e. The number of hydrogen-bond acceptors (Lipinski definition) is 4. The van der Waals surface area contributed by atoms with Crippen molar-refractivity contribution in [2.45, 2.75) is 40.2 Å². The molecule has 0 spiro atoms. The lowest BCUT2D eigenvalue weighted by molar-refractivity contribution is -0.157. The maximum atomic E-state index is 12.0. The summed E-state index contributed by atoms with van der Waals surface area (Å²) in [6.45, 7) is 9.53. The van der Waals surface area contributed by atoms with Gasteiger partial charge in [-0.2, -0.15) is 5.26 Å². The van der Waals surface area contributed by atoms with E-state index in [1.165, 1.54) is 7.11 Å². The summed E-state index contributed by atoms with van der Waals surface area (Å²) in [5, 5.41) is 8.82. The minimum absolute atomic E-state index is 0.00181. The Kier molecular flexibility index (Phi) is 3.75. The van der Waals surface area contributed by atoms with Crippen LogP contribution in [0.2, 0.25) is 0 Å². The quantitative estimate of drug-likeness (QED) is 0.439. The molecule has 1 saturated carbocycles. The molecule has 0 aromatic heterocycles. The van der Waals surface area contributed by atoms with Crippen molar-refractivity contribution in [3.8, 4) is 6.07 Å². The first-order valence-electron chi connectivity index (χ1n) is 6.02. The number of ether oxygens (including phenoxy) is 2. The van der Waals surface area contributed by atoms with E-state index in [2.05, 4.69) is 0 Å². The Hall–Kier alpha value is -1.50. The lowest BCUT2D eigenvalue weighted by Crippen LogP contribution is -2.26. The summed E-state index contributed by atoms with van der Waals surface area (Å²) in [6.07, 6.45) is 1.72. The highest BCUT2D eigenvalue weighted by atomic mass is 16.6. The predicted octanol–water partition coefficient (Wildman–Crippen LogP) is 2.65. The average Bonchev–Trinajstić information content (AvgIpc) is 2.74. The molecule has 0 heterocycles. The first-order chi connectivity index (χ1) is 8.13. The van der Waals surface area contributed by atoms with E-state index in [4.69, 9.17) is 14.7 Å². The lowest BCUT2D eigenvalue weighted by Gasteiger charge is -2.19. The molecule has 4 heteroatoms. The SMILES string of the molecule is COC(C#N)=C[C@@H]1[C@@H](C(=O)OC(C)(C)C)C1(C)C. The molecule has 0 aliphatic heterocycles. The molecule has 0 aromatic carbocycles. The topological polar surface area (TPSA) is 59.3 Å². The van der Waals surface area contributed by atoms with Crippen LogP contribution < -0.4 is 0 Å². The zero-order chi connectivity index (χ0) is 14.1. The molecule has 2 atom stereocenters. The maximum absolute atomic E-state index is 12.0. The first kappa shape index (κ1) is 14.6. The molecule has 0 radical (unpaired) electrons. The number of carbonyl (C=O) groups is 1. The van der Waals surface area contributed by atoms with E-state index in [1.54, 1.807) is 6.08 Å². The summed E-state index contributed by atoms with van der Waals surface area (Å²) in [5.41, 5.74) is -0.660. The van der Waals surface area contributed by atoms with Gasteiger partial charge in [-0.05, 0) is 32.3 Å². The fraction of sp³-hybridized carbons (Fsp3) is 0.714. The molecular weight excluding hydrogens is 230 g/mol. The van der Waals surface area contributed by atoms with Gasteiger partial charge in [-0.1, -0.05) is 13.8 Å². The third kappa shape index (κ3) is 3.04. The van der Waals surface area contributed by atoms with E-state index in [0.29, 0.717) is 0 Å². The van der Waals surface area contributed by atoms with Gasteiger partial charge in [0.2, 0.25) is 0 Å². The van der Waals surface area contributed by atoms with Gasteiger partial charge in [0.05, 0.1) is 13.0 Å². The van der Waals surface area contributed by atoms with Crippen molar-refractivity contribution in [1.29, 1.82) is 5.26 Å². The minimum Gasteiger partial charge on any atom is -0.487 e. The van der Waals surface area contributed by atoms with Gasteiger partial charge in [-0.25, -0.2) is 0 Å². The average molecular weight is 251 g/mol. The van der Waals surface area contributed by atoms with Crippen LogP contribution in [0.5, 0.6) is 0 Å². The van der Waals surface area contributed by atoms with E-state index in [9.17, 15) is 4.79 Å². The molecule has 0 aromatic rings. The van der Waals surface area contributed by atoms with E-state index < -0.39 is 5.60 Å². The number of methoxy groups -OCH3 is 1. The number of esters is 1. The van der Waals surface area contributed by atoms with E-state index in [1.807, 2.05) is 40.7 Å². The summed E-state index contributed by atoms with van der Waals surface area (Å²) in [7, 11) is 1.45. The molecule has 1 fully saturated rings. The summed E-state index contributed by atoms with van der Waals surface area (Å²) in [4.78, 5) is 12.0. The molecule has 0 N–H and O–H groups in total. The third-order valence-electron chi connectivity index (χ3n) is 3.23. The monoisotopic (exact) mass is 251 g/mol. The van der Waals surface area contributed by atoms with Crippen LogP contribution in [0.4, 0.5) is 0 Å². The Labute approximate surface area is 109 Å². The standard InChI is InChI=1S/C14H21NO3/c1-13(2,3)18-12(16)11-10(14(11,4)5)7-9(8-15)17-6/h7,10-11H,1-6H3/t10-,11+/m1/s1. The zero-order valence-electron chi connectivity index (χ0n) is 11.9. The Morgan fingerprint density at radius 1 is 1.39 bits per heavy atom. The molecule has 1 rings (SSSR count). The zero-order valence-corrected chi connectivity index (χ0v) is 11.9. The van der Waals surface area contributed by atoms with Crippen LogP contribution in [-0.2, 0) is 14.3 Å². The molecule has 100 valence electrons. The number of nitrogens with zero attached hydrogens (tertiary/aromatic N) is 1. The second-order valence-corrected chi connectivity index (χ2v) is 6.21. The minimum atomic E-state index is -0.483. The van der Waals surface area contributed by atoms with Crippen molar-refractivity contribution in [3.63, 3.8) is 0 Å². The fourth-order valence-corrected chi connectivity index (χ4v) is 2.12. The largest absolute Gasteiger partial charge is 0.487 e. The molecule has 1 aliphatic rings. The Balaban J connectivity index is 2.79. The van der Waals surface area contributed by atoms with Gasteiger partial charge in [0.15, 0.2) is 5.76 Å². The lowest BCUT2D eigenvalue weighted by atomic mass is 10.1. The third-order valence-corrected chi connectivity index (χ3v) is 3.23. The van der Waals surface area contributed by atoms with Crippen molar-refractivity contribution >= 4 is 5.97 Å². The molecule has 0 saturated heterocycles. The molecule has 0 unspecified atom stereocenters. The van der Waals surface area contributed by atoms with Crippen LogP contribution in [0.1, 0.15) is 34.6 Å². The predicted molar refractivity (Wildman–Crippen MR) is 67.3 cm³/mol. The Morgan fingerprint density at radius 2 is 1.94 bits per heavy atom. The summed E-state index contributed by atoms with van der Waals surface area (Å²) < 4.78 is 10.3. The number of hydrogen-bond donors (Lipinski definition) is 0. The van der Waals surface area contributed by atoms with Gasteiger partial charge in [0, 0.05) is 5.92 Å². The summed E-state index contributed by atoms with van der Waals surface area (Å²) in [6, 6.07) is 1.96. The van der Waals surface area contributed by atoms with Crippen molar-refractivity contribution in [2.75, 3.05) is 7.11 Å². The molecule has 0 bridgehead atoms. The molecular formula is C14H21NO3. The fourth-order valence-electron chi connectivity index (χ4n) is 2.12. The van der Waals surface area contributed by atoms with Crippen LogP contribution in [0.3, 0.4) is 0 Å². The van der Waals surface area contributed by atoms with Gasteiger partial charge < -0.3 is 9.47 Å². The normalized spacial score (nSPS) is 26.2. The van der Waals surface area contributed by atoms with Crippen molar-refractivity contribution in [3.05, 3.63) is 11.8 Å². The highest BCUT2D eigenvalue weighted by molar-refractivity contribution is 5.78. The second kappa shape index (κ2) is 4.64. The molecule has 0 amide bonds. The second-order valence-electron chi connectivity index (χ2n) is 6.21. The van der Waals surface area contributed by atoms with E-state index in [-0.39, 0.29) is 29.0 Å². The first-order valence-corrected chi connectivity index (χ1v) is 6.02. The molecule has 18 heavy (non-hydrogen) atoms. The van der Waals surface area contributed by atoms with Gasteiger partial charge in [0.25, 0.3) is 0 Å². The van der Waals surface area contributed by atoms with Crippen LogP contribution in [0.25, 0.3) is 0 Å². The number of allylic oxidation sites excluding steroid dienone is 2. The Morgan fingerprint density at radius 3 is 2.33 bits per heavy atom. The van der Waals surface area contributed by atoms with Crippen molar-refractivity contribution < 1.29 is 14.3 Å². The number of nitriles is 1. The van der Waals surface area contributed by atoms with Crippen LogP contribution in [0.15, 0.2) is 11.8 Å². The van der Waals surface area contributed by atoms with E-state index >= 15 is 0 Å². The van der Waals surface area contributed by atoms with Gasteiger partial charge in [-0.3, -0.25) is 4.79 Å². The van der Waals surface area contributed by atoms with Crippen LogP contribution >= 0.6 is 0 Å². The van der Waals surface area contributed by atoms with E-state index in [0.717, 1.165) is 0 Å². The van der Waals surface area contributed by atoms with Crippen molar-refractivity contribution in [2.24, 2.45) is 17.3 Å². The van der Waals surface area contributed by atoms with Gasteiger partial charge in [-0.15, -0.1) is 0 Å². The highest BCUT2D eigenvalue weighted by Gasteiger charge is 2.62. The number of carbonyl (C=O) groups excluding carboxylic acids is 1. The van der Waals surface area contributed by atoms with Crippen molar-refractivity contribution in [1.82, 2.24) is 0 Å². The molecule has 1 aliphatic carbocycles. The van der Waals surface area contributed by atoms with Gasteiger partial charge in [0.1, 0.15) is 11.7 Å².